The van der Waals surface area contributed by atoms with Crippen LogP contribution in [0.25, 0.3) is 159 Å². The van der Waals surface area contributed by atoms with E-state index in [-0.39, 0.29) is 6.85 Å². The highest BCUT2D eigenvalue weighted by Crippen LogP contribution is 2.54. The highest BCUT2D eigenvalue weighted by atomic mass is 16.3. The third-order valence-corrected chi connectivity index (χ3v) is 19.1. The Bertz CT molecular complexity index is 5860. The monoisotopic (exact) mass is 1080 g/mol. The van der Waals surface area contributed by atoms with E-state index >= 15 is 0 Å². The Kier molecular flexibility index (Phi) is 8.96. The summed E-state index contributed by atoms with van der Waals surface area (Å²) >= 11 is 0. The van der Waals surface area contributed by atoms with Crippen molar-refractivity contribution < 1.29 is 4.42 Å². The maximum atomic E-state index is 7.46. The highest BCUT2D eigenvalue weighted by Gasteiger charge is 2.47. The lowest BCUT2D eigenvalue weighted by atomic mass is 9.44. The fourth-order valence-electron chi connectivity index (χ4n) is 15.6. The number of aromatic nitrogens is 2. The minimum atomic E-state index is -0.295. The Morgan fingerprint density at radius 3 is 1.58 bits per heavy atom. The van der Waals surface area contributed by atoms with Gasteiger partial charge >= 0.3 is 6.85 Å². The fourth-order valence-corrected chi connectivity index (χ4v) is 15.6. The summed E-state index contributed by atoms with van der Waals surface area (Å²) in [5.74, 6) is 0. The summed E-state index contributed by atoms with van der Waals surface area (Å²) in [6, 6.07) is 104. The predicted molar refractivity (Wildman–Crippen MR) is 359 cm³/mol. The second-order valence-electron chi connectivity index (χ2n) is 23.4. The number of nitrogens with zero attached hydrogens (tertiary/aromatic N) is 3. The zero-order valence-electron chi connectivity index (χ0n) is 45.9. The quantitative estimate of drug-likeness (QED) is 0.161. The molecule has 2 aliphatic rings. The van der Waals surface area contributed by atoms with Gasteiger partial charge in [0.15, 0.2) is 0 Å². The van der Waals surface area contributed by atoms with Gasteiger partial charge in [-0.1, -0.05) is 206 Å². The number of hydrogen-bond donors (Lipinski definition) is 0. The molecule has 390 valence electrons. The van der Waals surface area contributed by atoms with Crippen molar-refractivity contribution in [3.05, 3.63) is 279 Å². The van der Waals surface area contributed by atoms with Gasteiger partial charge in [-0.2, -0.15) is 0 Å². The van der Waals surface area contributed by atoms with E-state index in [1.807, 2.05) is 0 Å². The summed E-state index contributed by atoms with van der Waals surface area (Å²) in [4.78, 5) is 2.65. The zero-order valence-corrected chi connectivity index (χ0v) is 45.9. The lowest BCUT2D eigenvalue weighted by Crippen LogP contribution is -2.57. The van der Waals surface area contributed by atoms with Crippen LogP contribution in [-0.4, -0.2) is 15.7 Å². The molecular formula is C80H46BN3O. The molecule has 0 spiro atoms. The van der Waals surface area contributed by atoms with Gasteiger partial charge in [0.05, 0.1) is 16.6 Å². The zero-order chi connectivity index (χ0) is 55.2. The molecule has 2 aliphatic heterocycles. The maximum Gasteiger partial charge on any atom is 0.333 e. The fraction of sp³-hybridized carbons (Fsp3) is 0. The third kappa shape index (κ3) is 6.10. The molecule has 0 amide bonds. The lowest BCUT2D eigenvalue weighted by Gasteiger charge is -2.41. The Morgan fingerprint density at radius 2 is 0.859 bits per heavy atom. The molecule has 0 fully saturated rings. The van der Waals surface area contributed by atoms with E-state index in [9.17, 15) is 0 Å². The van der Waals surface area contributed by atoms with Crippen LogP contribution < -0.4 is 15.8 Å². The highest BCUT2D eigenvalue weighted by molar-refractivity contribution is 6.92. The molecule has 4 nitrogen and oxygen atoms in total. The summed E-state index contributed by atoms with van der Waals surface area (Å²) in [5, 5.41) is 14.5. The molecule has 0 atom stereocenters. The average Bonchev–Trinajstić information content (AvgIpc) is 1.66. The molecule has 0 aliphatic carbocycles. The molecular weight excluding hydrogens is 1030 g/mol. The summed E-state index contributed by atoms with van der Waals surface area (Å²) in [6.07, 6.45) is 0. The van der Waals surface area contributed by atoms with Gasteiger partial charge in [0.25, 0.3) is 0 Å². The van der Waals surface area contributed by atoms with E-state index in [0.29, 0.717) is 0 Å². The first-order chi connectivity index (χ1) is 42.2. The molecule has 0 bridgehead atoms. The van der Waals surface area contributed by atoms with Crippen LogP contribution in [0.5, 0.6) is 0 Å². The van der Waals surface area contributed by atoms with Crippen LogP contribution >= 0.6 is 0 Å². The van der Waals surface area contributed by atoms with Crippen LogP contribution in [0.1, 0.15) is 0 Å². The Labute approximate surface area is 488 Å². The summed E-state index contributed by atoms with van der Waals surface area (Å²) in [6.45, 7) is -0.295. The first-order valence-electron chi connectivity index (χ1n) is 29.5. The summed E-state index contributed by atoms with van der Waals surface area (Å²) in [5.41, 5.74) is 25.5. The number of hydrogen-bond acceptors (Lipinski definition) is 2. The second-order valence-corrected chi connectivity index (χ2v) is 23.4. The molecule has 18 aromatic rings. The minimum Gasteiger partial charge on any atom is -0.455 e. The molecule has 4 aromatic heterocycles. The second kappa shape index (κ2) is 16.8. The SMILES string of the molecule is c1ccc(-c2cc(-c3ccccc3)cc(N3c4cc5c(oc6ccccc65)c5c4B(c4c3cc3c6ccccc6n6c7ccccc7c4c36)n3c4ccc(-c6cccc7ccccc67)cc4c4cc(-c6cccc7ccccc67)cc-5c43)c2)cc1. The summed E-state index contributed by atoms with van der Waals surface area (Å²) < 4.78 is 12.8. The maximum absolute atomic E-state index is 7.46. The van der Waals surface area contributed by atoms with Gasteiger partial charge < -0.3 is 18.2 Å². The number of benzene rings is 14. The Hall–Kier alpha value is -11.1. The third-order valence-electron chi connectivity index (χ3n) is 19.1. The molecule has 85 heavy (non-hydrogen) atoms. The van der Waals surface area contributed by atoms with E-state index in [0.717, 1.165) is 50.0 Å². The van der Waals surface area contributed by atoms with Crippen molar-refractivity contribution in [1.29, 1.82) is 0 Å². The molecule has 14 aromatic carbocycles. The topological polar surface area (TPSA) is 25.7 Å². The van der Waals surface area contributed by atoms with Gasteiger partial charge in [-0.15, -0.1) is 0 Å². The minimum absolute atomic E-state index is 0.295. The van der Waals surface area contributed by atoms with Crippen molar-refractivity contribution in [1.82, 2.24) is 8.88 Å². The molecule has 0 radical (unpaired) electrons. The Morgan fingerprint density at radius 1 is 0.306 bits per heavy atom. The number of furan rings is 1. The average molecular weight is 1080 g/mol. The van der Waals surface area contributed by atoms with Crippen molar-refractivity contribution in [2.45, 2.75) is 0 Å². The van der Waals surface area contributed by atoms with E-state index in [1.165, 1.54) is 137 Å². The smallest absolute Gasteiger partial charge is 0.333 e. The number of para-hydroxylation sites is 3. The normalized spacial score (nSPS) is 12.9. The molecule has 5 heteroatoms. The Balaban J connectivity index is 1.01. The van der Waals surface area contributed by atoms with E-state index in [2.05, 4.69) is 293 Å². The molecule has 0 saturated carbocycles. The van der Waals surface area contributed by atoms with Crippen molar-refractivity contribution >= 4 is 138 Å². The van der Waals surface area contributed by atoms with E-state index in [4.69, 9.17) is 4.42 Å². The largest absolute Gasteiger partial charge is 0.455 e. The van der Waals surface area contributed by atoms with E-state index in [1.54, 1.807) is 0 Å². The molecule has 6 heterocycles. The van der Waals surface area contributed by atoms with Crippen molar-refractivity contribution in [3.63, 3.8) is 0 Å². The predicted octanol–water partition coefficient (Wildman–Crippen LogP) is 20.2. The van der Waals surface area contributed by atoms with Crippen LogP contribution in [0.15, 0.2) is 283 Å². The van der Waals surface area contributed by atoms with Gasteiger partial charge in [-0.05, 0) is 150 Å². The van der Waals surface area contributed by atoms with Crippen LogP contribution in [0.2, 0.25) is 0 Å². The standard InChI is InChI=1S/C80H46BN3O/c1-3-19-47(20-4-1)52-39-53(48-21-5-2-6-22-48)41-55(40-52)82-71-45-65-60-29-11-14-34-68(60)83-69-35-15-12-31-62(69)74(79(65)83)76(71)81-77-72(82)46-66-61-30-13-16-36-73(61)85-80(66)75(77)67-44-54(59-33-18-26-50-24-8-10-28-57(50)59)43-64-63-42-51(37-38-70(63)84(81)78(64)67)58-32-17-25-49-23-7-9-27-56(49)58/h1-46H. The van der Waals surface area contributed by atoms with Crippen molar-refractivity contribution in [2.24, 2.45) is 0 Å². The molecule has 0 N–H and O–H groups in total. The number of rotatable bonds is 5. The number of anilines is 3. The van der Waals surface area contributed by atoms with Gasteiger partial charge in [-0.25, -0.2) is 0 Å². The van der Waals surface area contributed by atoms with Gasteiger partial charge in [0.2, 0.25) is 0 Å². The van der Waals surface area contributed by atoms with Crippen LogP contribution in [0.4, 0.5) is 17.1 Å². The van der Waals surface area contributed by atoms with Gasteiger partial charge in [-0.3, -0.25) is 0 Å². The summed E-state index contributed by atoms with van der Waals surface area (Å²) in [7, 11) is 0. The number of fused-ring (bicyclic) bond motifs is 20. The lowest BCUT2D eigenvalue weighted by molar-refractivity contribution is 0.670. The molecule has 20 rings (SSSR count). The molecule has 0 saturated heterocycles. The first kappa shape index (κ1) is 45.5. The van der Waals surface area contributed by atoms with Gasteiger partial charge in [0, 0.05) is 82.3 Å². The van der Waals surface area contributed by atoms with Crippen molar-refractivity contribution in [3.8, 4) is 55.6 Å². The van der Waals surface area contributed by atoms with Crippen LogP contribution in [0.3, 0.4) is 0 Å². The van der Waals surface area contributed by atoms with Crippen LogP contribution in [0, 0.1) is 0 Å². The van der Waals surface area contributed by atoms with Gasteiger partial charge in [0.1, 0.15) is 11.2 Å². The molecule has 0 unspecified atom stereocenters. The van der Waals surface area contributed by atoms with E-state index < -0.39 is 0 Å². The van der Waals surface area contributed by atoms with Crippen LogP contribution in [-0.2, 0) is 0 Å². The van der Waals surface area contributed by atoms with Crippen molar-refractivity contribution in [2.75, 3.05) is 4.90 Å². The first-order valence-corrected chi connectivity index (χ1v) is 29.5.